The quantitative estimate of drug-likeness (QED) is 0.373. The lowest BCUT2D eigenvalue weighted by Crippen LogP contribution is -2.52. The van der Waals surface area contributed by atoms with Gasteiger partial charge in [-0.15, -0.1) is 12.4 Å². The van der Waals surface area contributed by atoms with Crippen LogP contribution in [0.15, 0.2) is 24.3 Å². The molecule has 2 aliphatic carbocycles. The van der Waals surface area contributed by atoms with Crippen molar-refractivity contribution in [3.63, 3.8) is 0 Å². The Bertz CT molecular complexity index is 1300. The van der Waals surface area contributed by atoms with Crippen molar-refractivity contribution in [2.75, 3.05) is 0 Å². The summed E-state index contributed by atoms with van der Waals surface area (Å²) in [4.78, 5) is 39.4. The molecule has 9 nitrogen and oxygen atoms in total. The molecule has 0 bridgehead atoms. The Balaban J connectivity index is 0.00000320. The van der Waals surface area contributed by atoms with E-state index in [1.807, 2.05) is 0 Å². The van der Waals surface area contributed by atoms with Crippen LogP contribution in [0.4, 0.5) is 0 Å². The molecule has 0 amide bonds. The highest BCUT2D eigenvalue weighted by molar-refractivity contribution is 6.30. The van der Waals surface area contributed by atoms with Gasteiger partial charge in [0, 0.05) is 40.1 Å². The lowest BCUT2D eigenvalue weighted by molar-refractivity contribution is -0.245. The molecule has 0 spiro atoms. The van der Waals surface area contributed by atoms with Crippen molar-refractivity contribution < 1.29 is 39.2 Å². The van der Waals surface area contributed by atoms with Crippen molar-refractivity contribution in [3.8, 4) is 11.5 Å². The van der Waals surface area contributed by atoms with Crippen LogP contribution in [-0.2, 0) is 20.7 Å². The Kier molecular flexibility index (Phi) is 6.98. The van der Waals surface area contributed by atoms with Gasteiger partial charge < -0.3 is 30.5 Å². The zero-order valence-corrected chi connectivity index (χ0v) is 21.5. The van der Waals surface area contributed by atoms with E-state index in [2.05, 4.69) is 0 Å². The lowest BCUT2D eigenvalue weighted by atomic mass is 9.67. The average molecular weight is 532 g/mol. The Morgan fingerprint density at radius 2 is 1.68 bits per heavy atom. The van der Waals surface area contributed by atoms with Crippen molar-refractivity contribution in [1.29, 1.82) is 0 Å². The Morgan fingerprint density at radius 1 is 1.11 bits per heavy atom. The number of carbonyl (C=O) groups excluding carboxylic acids is 3. The number of hydrogen-bond donors (Lipinski definition) is 4. The molecule has 6 atom stereocenters. The molecule has 10 heteroatoms. The normalized spacial score (nSPS) is 30.6. The maximum Gasteiger partial charge on any atom is 0.198 e. The number of ether oxygens (including phenoxy) is 2. The van der Waals surface area contributed by atoms with Gasteiger partial charge in [0.2, 0.25) is 0 Å². The first-order chi connectivity index (χ1) is 16.9. The van der Waals surface area contributed by atoms with Crippen LogP contribution in [0.5, 0.6) is 11.5 Å². The number of nitrogens with two attached hydrogens (primary N) is 1. The van der Waals surface area contributed by atoms with Gasteiger partial charge in [0.25, 0.3) is 0 Å². The number of aliphatic hydroxyl groups excluding tert-OH is 1. The molecule has 0 radical (unpaired) electrons. The summed E-state index contributed by atoms with van der Waals surface area (Å²) in [5.41, 5.74) is 5.14. The highest BCUT2D eigenvalue weighted by atomic mass is 35.5. The van der Waals surface area contributed by atoms with E-state index in [0.717, 1.165) is 0 Å². The van der Waals surface area contributed by atoms with E-state index in [1.165, 1.54) is 19.1 Å². The van der Waals surface area contributed by atoms with Crippen molar-refractivity contribution in [1.82, 2.24) is 0 Å². The number of ketones is 3. The molecule has 5 N–H and O–H groups in total. The van der Waals surface area contributed by atoms with E-state index in [4.69, 9.17) is 15.2 Å². The molecule has 2 aromatic carbocycles. The summed E-state index contributed by atoms with van der Waals surface area (Å²) < 4.78 is 12.0. The van der Waals surface area contributed by atoms with Crippen LogP contribution in [0.3, 0.4) is 0 Å². The van der Waals surface area contributed by atoms with Gasteiger partial charge >= 0.3 is 0 Å². The first-order valence-corrected chi connectivity index (χ1v) is 12.0. The largest absolute Gasteiger partial charge is 0.507 e. The van der Waals surface area contributed by atoms with Gasteiger partial charge in [-0.1, -0.05) is 31.2 Å². The van der Waals surface area contributed by atoms with E-state index in [9.17, 15) is 29.7 Å². The molecule has 0 saturated carbocycles. The second kappa shape index (κ2) is 9.49. The third-order valence-corrected chi connectivity index (χ3v) is 7.90. The Hall–Kier alpha value is -2.82. The van der Waals surface area contributed by atoms with E-state index >= 15 is 0 Å². The predicted molar refractivity (Wildman–Crippen MR) is 134 cm³/mol. The van der Waals surface area contributed by atoms with Crippen molar-refractivity contribution in [3.05, 3.63) is 57.6 Å². The molecule has 3 aliphatic rings. The maximum atomic E-state index is 13.4. The summed E-state index contributed by atoms with van der Waals surface area (Å²) in [6.07, 6.45) is -2.93. The summed E-state index contributed by atoms with van der Waals surface area (Å²) in [6.45, 7) is 4.83. The number of Topliss-reactive ketones (excluding diaryl/α,β-unsaturated/α-hetero) is 1. The van der Waals surface area contributed by atoms with Crippen LogP contribution >= 0.6 is 12.4 Å². The van der Waals surface area contributed by atoms with Gasteiger partial charge in [0.1, 0.15) is 17.3 Å². The number of rotatable bonds is 3. The number of benzene rings is 2. The number of aromatic hydroxyl groups is 2. The SMILES string of the molecule is CC(=O)C1(C)Cc2c(O)c3c(c(O)c2C(OC2CC(N)C(O)C(C)O2)C1)C(=O)c1ccccc1C3=O.Cl. The van der Waals surface area contributed by atoms with Gasteiger partial charge in [0.15, 0.2) is 17.9 Å². The van der Waals surface area contributed by atoms with Crippen LogP contribution in [0, 0.1) is 5.41 Å². The molecule has 0 aromatic heterocycles. The zero-order valence-electron chi connectivity index (χ0n) is 20.7. The minimum absolute atomic E-state index is 0. The van der Waals surface area contributed by atoms with Crippen LogP contribution in [0.1, 0.15) is 82.7 Å². The number of fused-ring (bicyclic) bond motifs is 3. The Morgan fingerprint density at radius 3 is 2.22 bits per heavy atom. The van der Waals surface area contributed by atoms with Crippen LogP contribution < -0.4 is 5.73 Å². The van der Waals surface area contributed by atoms with Gasteiger partial charge in [-0.3, -0.25) is 14.4 Å². The summed E-state index contributed by atoms with van der Waals surface area (Å²) in [6, 6.07) is 5.63. The maximum absolute atomic E-state index is 13.4. The molecular weight excluding hydrogens is 502 g/mol. The fourth-order valence-corrected chi connectivity index (χ4v) is 5.62. The molecule has 37 heavy (non-hydrogen) atoms. The summed E-state index contributed by atoms with van der Waals surface area (Å²) >= 11 is 0. The molecular formula is C27H30ClNO8. The second-order valence-electron chi connectivity index (χ2n) is 10.3. The number of phenols is 2. The van der Waals surface area contributed by atoms with Crippen LogP contribution in [-0.4, -0.2) is 57.2 Å². The number of hydrogen-bond acceptors (Lipinski definition) is 9. The van der Waals surface area contributed by atoms with Crippen LogP contribution in [0.2, 0.25) is 0 Å². The van der Waals surface area contributed by atoms with Crippen LogP contribution in [0.25, 0.3) is 0 Å². The van der Waals surface area contributed by atoms with Crippen molar-refractivity contribution >= 4 is 29.8 Å². The van der Waals surface area contributed by atoms with E-state index in [0.29, 0.717) is 0 Å². The molecule has 198 valence electrons. The molecule has 6 unspecified atom stereocenters. The van der Waals surface area contributed by atoms with Crippen molar-refractivity contribution in [2.45, 2.75) is 70.7 Å². The Labute approximate surface area is 220 Å². The standard InChI is InChI=1S/C27H29NO8.ClH/c1-11-22(30)16(28)8-18(35-11)36-17-10-27(3,12(2)29)9-15-19(17)26(34)21-20(25(15)33)23(31)13-6-4-5-7-14(13)24(21)32;/h4-7,11,16-18,22,30,33-34H,8-10,28H2,1-3H3;1H. The summed E-state index contributed by atoms with van der Waals surface area (Å²) in [7, 11) is 0. The van der Waals surface area contributed by atoms with Gasteiger partial charge in [-0.05, 0) is 26.7 Å². The monoisotopic (exact) mass is 531 g/mol. The topological polar surface area (TPSA) is 156 Å². The molecule has 2 aromatic rings. The number of phenolic OH excluding ortho intramolecular Hbond substituents is 2. The minimum atomic E-state index is -0.975. The summed E-state index contributed by atoms with van der Waals surface area (Å²) in [5.74, 6) is -2.20. The van der Waals surface area contributed by atoms with Gasteiger partial charge in [-0.25, -0.2) is 0 Å². The lowest BCUT2D eigenvalue weighted by Gasteiger charge is -2.42. The van der Waals surface area contributed by atoms with E-state index < -0.39 is 59.1 Å². The first kappa shape index (κ1) is 27.2. The highest BCUT2D eigenvalue weighted by Gasteiger charge is 2.47. The highest BCUT2D eigenvalue weighted by Crippen LogP contribution is 2.54. The predicted octanol–water partition coefficient (Wildman–Crippen LogP) is 2.72. The molecule has 1 saturated heterocycles. The van der Waals surface area contributed by atoms with E-state index in [1.54, 1.807) is 26.0 Å². The number of halogens is 1. The number of carbonyl (C=O) groups is 3. The third kappa shape index (κ3) is 4.15. The molecule has 1 heterocycles. The van der Waals surface area contributed by atoms with Gasteiger partial charge in [-0.2, -0.15) is 0 Å². The fraction of sp³-hybridized carbons (Fsp3) is 0.444. The summed E-state index contributed by atoms with van der Waals surface area (Å²) in [5, 5.41) is 32.9. The number of aliphatic hydroxyl groups is 1. The van der Waals surface area contributed by atoms with E-state index in [-0.39, 0.29) is 70.8 Å². The minimum Gasteiger partial charge on any atom is -0.507 e. The second-order valence-corrected chi connectivity index (χ2v) is 10.3. The zero-order chi connectivity index (χ0) is 26.1. The third-order valence-electron chi connectivity index (χ3n) is 7.90. The first-order valence-electron chi connectivity index (χ1n) is 12.0. The molecule has 5 rings (SSSR count). The smallest absolute Gasteiger partial charge is 0.198 e. The van der Waals surface area contributed by atoms with Gasteiger partial charge in [0.05, 0.1) is 29.4 Å². The fourth-order valence-electron chi connectivity index (χ4n) is 5.62. The molecule has 1 fully saturated rings. The molecule has 1 aliphatic heterocycles. The van der Waals surface area contributed by atoms with Crippen molar-refractivity contribution in [2.24, 2.45) is 11.1 Å². The average Bonchev–Trinajstić information content (AvgIpc) is 2.82.